The summed E-state index contributed by atoms with van der Waals surface area (Å²) >= 11 is 0. The fourth-order valence-corrected chi connectivity index (χ4v) is 2.26. The summed E-state index contributed by atoms with van der Waals surface area (Å²) in [5, 5.41) is 12.3. The van der Waals surface area contributed by atoms with E-state index in [9.17, 15) is 9.59 Å². The fourth-order valence-electron chi connectivity index (χ4n) is 2.26. The Morgan fingerprint density at radius 3 is 2.87 bits per heavy atom. The second kappa shape index (κ2) is 5.76. The van der Waals surface area contributed by atoms with Crippen LogP contribution in [0.3, 0.4) is 0 Å². The predicted molar refractivity (Wildman–Crippen MR) is 84.0 cm³/mol. The number of carboxylic acids is 1. The van der Waals surface area contributed by atoms with Crippen molar-refractivity contribution in [2.75, 3.05) is 11.9 Å². The number of H-pyrrole nitrogens is 1. The first-order chi connectivity index (χ1) is 11.0. The minimum atomic E-state index is -0.989. The van der Waals surface area contributed by atoms with Crippen LogP contribution in [0, 0.1) is 0 Å². The van der Waals surface area contributed by atoms with Crippen molar-refractivity contribution in [1.29, 1.82) is 0 Å². The molecular weight excluding hydrogens is 298 g/mol. The molecule has 3 aromatic rings. The first kappa shape index (κ1) is 14.5. The average molecular weight is 311 g/mol. The van der Waals surface area contributed by atoms with Gasteiger partial charge in [0, 0.05) is 29.5 Å². The molecule has 0 spiro atoms. The van der Waals surface area contributed by atoms with Crippen molar-refractivity contribution in [3.8, 4) is 11.1 Å². The smallest absolute Gasteiger partial charge is 0.322 e. The van der Waals surface area contributed by atoms with E-state index in [-0.39, 0.29) is 6.54 Å². The number of carbonyl (C=O) groups excluding carboxylic acids is 1. The third-order valence-corrected chi connectivity index (χ3v) is 3.28. The fraction of sp³-hybridized carbons (Fsp3) is 0.0667. The first-order valence-corrected chi connectivity index (χ1v) is 6.73. The van der Waals surface area contributed by atoms with E-state index < -0.39 is 11.9 Å². The van der Waals surface area contributed by atoms with Gasteiger partial charge in [-0.25, -0.2) is 4.98 Å². The molecule has 0 aliphatic carbocycles. The number of carbonyl (C=O) groups is 2. The van der Waals surface area contributed by atoms with E-state index >= 15 is 0 Å². The number of nitrogens with two attached hydrogens (primary N) is 1. The van der Waals surface area contributed by atoms with Gasteiger partial charge in [-0.05, 0) is 23.8 Å². The number of amides is 1. The van der Waals surface area contributed by atoms with Gasteiger partial charge >= 0.3 is 5.97 Å². The van der Waals surface area contributed by atoms with Gasteiger partial charge in [0.05, 0.1) is 5.56 Å². The number of nitrogens with zero attached hydrogens (tertiary/aromatic N) is 2. The zero-order valence-electron chi connectivity index (χ0n) is 11.9. The summed E-state index contributed by atoms with van der Waals surface area (Å²) in [5.74, 6) is -1.15. The summed E-state index contributed by atoms with van der Waals surface area (Å²) in [7, 11) is 0. The molecule has 0 aliphatic heterocycles. The average Bonchev–Trinajstić information content (AvgIpc) is 3.00. The molecule has 0 atom stereocenters. The van der Waals surface area contributed by atoms with Crippen molar-refractivity contribution < 1.29 is 14.7 Å². The molecule has 23 heavy (non-hydrogen) atoms. The second-order valence-corrected chi connectivity index (χ2v) is 4.87. The van der Waals surface area contributed by atoms with Crippen LogP contribution in [0.1, 0.15) is 10.4 Å². The Kier molecular flexibility index (Phi) is 3.63. The topological polar surface area (TPSA) is 134 Å². The largest absolute Gasteiger partial charge is 0.480 e. The Bertz CT molecular complexity index is 903. The molecule has 5 N–H and O–H groups in total. The van der Waals surface area contributed by atoms with Gasteiger partial charge in [0.25, 0.3) is 0 Å². The predicted octanol–water partition coefficient (Wildman–Crippen LogP) is 1.22. The standard InChI is InChI=1S/C15H13N5O3/c16-14(23)9-3-8(5-17-6-9)11-4-12(19-7-13(21)22)20-15-10(11)1-2-18-15/h1-6H,7H2,(H2,16,23)(H,21,22)(H2,18,19,20). The molecule has 3 rings (SSSR count). The molecule has 116 valence electrons. The van der Waals surface area contributed by atoms with Gasteiger partial charge in [-0.2, -0.15) is 0 Å². The van der Waals surface area contributed by atoms with Crippen LogP contribution in [0.5, 0.6) is 0 Å². The zero-order chi connectivity index (χ0) is 16.4. The van der Waals surface area contributed by atoms with E-state index in [1.807, 2.05) is 6.07 Å². The molecule has 3 heterocycles. The van der Waals surface area contributed by atoms with Gasteiger partial charge in [-0.15, -0.1) is 0 Å². The van der Waals surface area contributed by atoms with E-state index in [2.05, 4.69) is 20.3 Å². The molecule has 0 fully saturated rings. The number of aromatic nitrogens is 3. The number of hydrogen-bond acceptors (Lipinski definition) is 5. The second-order valence-electron chi connectivity index (χ2n) is 4.87. The van der Waals surface area contributed by atoms with Crippen LogP contribution in [0.15, 0.2) is 36.8 Å². The highest BCUT2D eigenvalue weighted by Gasteiger charge is 2.11. The molecule has 3 aromatic heterocycles. The molecule has 0 aliphatic rings. The highest BCUT2D eigenvalue weighted by molar-refractivity contribution is 5.98. The molecular formula is C15H13N5O3. The highest BCUT2D eigenvalue weighted by atomic mass is 16.4. The van der Waals surface area contributed by atoms with Crippen LogP contribution >= 0.6 is 0 Å². The summed E-state index contributed by atoms with van der Waals surface area (Å²) in [5.41, 5.74) is 7.63. The molecule has 0 radical (unpaired) electrons. The minimum absolute atomic E-state index is 0.252. The lowest BCUT2D eigenvalue weighted by Gasteiger charge is -2.08. The van der Waals surface area contributed by atoms with Gasteiger partial charge in [0.15, 0.2) is 0 Å². The molecule has 0 saturated carbocycles. The first-order valence-electron chi connectivity index (χ1n) is 6.73. The summed E-state index contributed by atoms with van der Waals surface area (Å²) in [4.78, 5) is 33.4. The lowest BCUT2D eigenvalue weighted by Crippen LogP contribution is -2.13. The Morgan fingerprint density at radius 2 is 2.13 bits per heavy atom. The van der Waals surface area contributed by atoms with Crippen LogP contribution < -0.4 is 11.1 Å². The zero-order valence-corrected chi connectivity index (χ0v) is 11.9. The van der Waals surface area contributed by atoms with Crippen molar-refractivity contribution >= 4 is 28.7 Å². The van der Waals surface area contributed by atoms with Gasteiger partial charge in [0.2, 0.25) is 5.91 Å². The summed E-state index contributed by atoms with van der Waals surface area (Å²) in [6.45, 7) is -0.252. The maximum absolute atomic E-state index is 11.3. The molecule has 1 amide bonds. The molecule has 0 saturated heterocycles. The van der Waals surface area contributed by atoms with Gasteiger partial charge in [-0.1, -0.05) is 0 Å². The van der Waals surface area contributed by atoms with Crippen LogP contribution in [0.25, 0.3) is 22.2 Å². The number of aromatic amines is 1. The number of aliphatic carboxylic acids is 1. The number of pyridine rings is 2. The lowest BCUT2D eigenvalue weighted by atomic mass is 10.0. The van der Waals surface area contributed by atoms with E-state index in [4.69, 9.17) is 10.8 Å². The summed E-state index contributed by atoms with van der Waals surface area (Å²) < 4.78 is 0. The molecule has 0 unspecified atom stereocenters. The maximum Gasteiger partial charge on any atom is 0.322 e. The molecule has 8 heteroatoms. The number of anilines is 1. The van der Waals surface area contributed by atoms with E-state index in [1.165, 1.54) is 6.20 Å². The number of hydrogen-bond donors (Lipinski definition) is 4. The molecule has 8 nitrogen and oxygen atoms in total. The van der Waals surface area contributed by atoms with Gasteiger partial charge < -0.3 is 21.1 Å². The maximum atomic E-state index is 11.3. The number of fused-ring (bicyclic) bond motifs is 1. The third-order valence-electron chi connectivity index (χ3n) is 3.28. The van der Waals surface area contributed by atoms with Crippen LogP contribution in [0.4, 0.5) is 5.82 Å². The van der Waals surface area contributed by atoms with Crippen molar-refractivity contribution in [2.45, 2.75) is 0 Å². The highest BCUT2D eigenvalue weighted by Crippen LogP contribution is 2.29. The van der Waals surface area contributed by atoms with E-state index in [0.29, 0.717) is 22.6 Å². The Labute approximate surface area is 130 Å². The van der Waals surface area contributed by atoms with Crippen molar-refractivity contribution in [3.05, 3.63) is 42.4 Å². The summed E-state index contributed by atoms with van der Waals surface area (Å²) in [6, 6.07) is 5.19. The van der Waals surface area contributed by atoms with Crippen LogP contribution in [0.2, 0.25) is 0 Å². The number of nitrogens with one attached hydrogen (secondary N) is 2. The quantitative estimate of drug-likeness (QED) is 0.559. The molecule has 0 bridgehead atoms. The normalized spacial score (nSPS) is 10.6. The molecule has 0 aromatic carbocycles. The Morgan fingerprint density at radius 1 is 1.30 bits per heavy atom. The minimum Gasteiger partial charge on any atom is -0.480 e. The number of carboxylic acid groups (broad SMARTS) is 1. The Balaban J connectivity index is 2.11. The van der Waals surface area contributed by atoms with Crippen molar-refractivity contribution in [2.24, 2.45) is 5.73 Å². The van der Waals surface area contributed by atoms with Crippen LogP contribution in [-0.4, -0.2) is 38.5 Å². The third kappa shape index (κ3) is 2.95. The monoisotopic (exact) mass is 311 g/mol. The summed E-state index contributed by atoms with van der Waals surface area (Å²) in [6.07, 6.45) is 4.73. The Hall–Kier alpha value is -3.42. The van der Waals surface area contributed by atoms with E-state index in [0.717, 1.165) is 10.9 Å². The SMILES string of the molecule is NC(=O)c1cncc(-c2cc(NCC(=O)O)nc3[nH]ccc23)c1. The van der Waals surface area contributed by atoms with Crippen molar-refractivity contribution in [1.82, 2.24) is 15.0 Å². The van der Waals surface area contributed by atoms with E-state index in [1.54, 1.807) is 24.5 Å². The van der Waals surface area contributed by atoms with Crippen LogP contribution in [-0.2, 0) is 4.79 Å². The number of rotatable bonds is 5. The number of primary amides is 1. The van der Waals surface area contributed by atoms with Gasteiger partial charge in [-0.3, -0.25) is 14.6 Å². The lowest BCUT2D eigenvalue weighted by molar-refractivity contribution is -0.134. The van der Waals surface area contributed by atoms with Gasteiger partial charge in [0.1, 0.15) is 18.0 Å². The van der Waals surface area contributed by atoms with Crippen molar-refractivity contribution in [3.63, 3.8) is 0 Å².